The number of nitro groups is 2. The molecule has 2 amide bonds. The van der Waals surface area contributed by atoms with Crippen molar-refractivity contribution in [1.29, 1.82) is 0 Å². The number of hydrogen-bond acceptors (Lipinski definition) is 10. The molecule has 1 heterocycles. The number of thioether (sulfide) groups is 1. The fourth-order valence-corrected chi connectivity index (χ4v) is 4.55. The van der Waals surface area contributed by atoms with E-state index in [0.717, 1.165) is 34.9 Å². The fourth-order valence-electron chi connectivity index (χ4n) is 3.56. The minimum Gasteiger partial charge on any atom is -0.492 e. The molecule has 0 atom stereocenters. The van der Waals surface area contributed by atoms with E-state index in [0.29, 0.717) is 16.3 Å². The number of rotatable bonds is 11. The lowest BCUT2D eigenvalue weighted by Gasteiger charge is -2.13. The molecule has 4 rings (SSSR count). The second-order valence-corrected chi connectivity index (χ2v) is 9.47. The summed E-state index contributed by atoms with van der Waals surface area (Å²) in [6, 6.07) is 14.3. The number of imide groups is 1. The first-order valence-electron chi connectivity index (χ1n) is 11.7. The van der Waals surface area contributed by atoms with Crippen LogP contribution in [0.2, 0.25) is 5.02 Å². The molecule has 14 heteroatoms. The van der Waals surface area contributed by atoms with Crippen LogP contribution in [0.15, 0.2) is 65.6 Å². The van der Waals surface area contributed by atoms with E-state index in [-0.39, 0.29) is 41.9 Å². The summed E-state index contributed by atoms with van der Waals surface area (Å²) in [7, 11) is 0. The topological polar surface area (TPSA) is 151 Å². The number of hydrogen-bond donors (Lipinski definition) is 0. The van der Waals surface area contributed by atoms with Gasteiger partial charge < -0.3 is 14.2 Å². The van der Waals surface area contributed by atoms with Crippen LogP contribution in [0.25, 0.3) is 6.08 Å². The molecular weight excluding hydrogens is 566 g/mol. The summed E-state index contributed by atoms with van der Waals surface area (Å²) in [5.41, 5.74) is -0.531. The summed E-state index contributed by atoms with van der Waals surface area (Å²) in [5, 5.41) is 22.6. The van der Waals surface area contributed by atoms with Crippen molar-refractivity contribution in [3.05, 3.63) is 96.4 Å². The molecule has 1 fully saturated rings. The zero-order valence-corrected chi connectivity index (χ0v) is 22.3. The van der Waals surface area contributed by atoms with Gasteiger partial charge in [0.1, 0.15) is 12.4 Å². The molecule has 0 aliphatic carbocycles. The molecule has 0 saturated carbocycles. The second kappa shape index (κ2) is 12.5. The summed E-state index contributed by atoms with van der Waals surface area (Å²) in [4.78, 5) is 47.6. The Morgan fingerprint density at radius 3 is 2.33 bits per heavy atom. The van der Waals surface area contributed by atoms with Crippen LogP contribution < -0.4 is 14.2 Å². The van der Waals surface area contributed by atoms with E-state index in [9.17, 15) is 29.8 Å². The van der Waals surface area contributed by atoms with Crippen LogP contribution in [0.5, 0.6) is 23.0 Å². The number of benzene rings is 3. The van der Waals surface area contributed by atoms with E-state index in [1.54, 1.807) is 43.3 Å². The Bertz CT molecular complexity index is 1510. The van der Waals surface area contributed by atoms with Gasteiger partial charge in [-0.1, -0.05) is 17.7 Å². The highest BCUT2D eigenvalue weighted by atomic mass is 35.5. The number of non-ortho nitro benzene ring substituents is 1. The van der Waals surface area contributed by atoms with Crippen molar-refractivity contribution in [3.8, 4) is 23.0 Å². The van der Waals surface area contributed by atoms with E-state index < -0.39 is 32.4 Å². The van der Waals surface area contributed by atoms with E-state index >= 15 is 0 Å². The van der Waals surface area contributed by atoms with Crippen LogP contribution >= 0.6 is 23.4 Å². The number of nitrogens with zero attached hydrogens (tertiary/aromatic N) is 3. The monoisotopic (exact) mass is 585 g/mol. The number of halogens is 1. The van der Waals surface area contributed by atoms with Gasteiger partial charge in [-0.25, -0.2) is 0 Å². The third-order valence-electron chi connectivity index (χ3n) is 5.41. The Hall–Kier alpha value is -4.62. The van der Waals surface area contributed by atoms with Gasteiger partial charge >= 0.3 is 5.69 Å². The van der Waals surface area contributed by atoms with Crippen molar-refractivity contribution in [2.24, 2.45) is 0 Å². The normalized spacial score (nSPS) is 13.9. The first-order valence-corrected chi connectivity index (χ1v) is 12.9. The summed E-state index contributed by atoms with van der Waals surface area (Å²) < 4.78 is 16.9. The molecule has 12 nitrogen and oxygen atoms in total. The number of carbonyl (C=O) groups excluding carboxylic acids is 2. The lowest BCUT2D eigenvalue weighted by molar-refractivity contribution is -0.394. The smallest absolute Gasteiger partial charge is 0.318 e. The van der Waals surface area contributed by atoms with E-state index in [1.807, 2.05) is 0 Å². The summed E-state index contributed by atoms with van der Waals surface area (Å²) in [6.45, 7) is 2.10. The Morgan fingerprint density at radius 1 is 0.925 bits per heavy atom. The van der Waals surface area contributed by atoms with Crippen molar-refractivity contribution in [2.75, 3.05) is 19.8 Å². The van der Waals surface area contributed by atoms with Gasteiger partial charge in [-0.3, -0.25) is 34.7 Å². The Morgan fingerprint density at radius 2 is 1.65 bits per heavy atom. The molecular formula is C26H20ClN3O9S. The predicted molar refractivity (Wildman–Crippen MR) is 147 cm³/mol. The van der Waals surface area contributed by atoms with E-state index in [4.69, 9.17) is 25.8 Å². The van der Waals surface area contributed by atoms with Crippen molar-refractivity contribution in [1.82, 2.24) is 4.90 Å². The molecule has 0 aromatic heterocycles. The number of nitro benzene ring substituents is 2. The first-order chi connectivity index (χ1) is 19.2. The largest absolute Gasteiger partial charge is 0.492 e. The van der Waals surface area contributed by atoms with Gasteiger partial charge in [0.05, 0.1) is 34.0 Å². The maximum absolute atomic E-state index is 12.9. The molecule has 3 aromatic carbocycles. The zero-order chi connectivity index (χ0) is 28.8. The minimum absolute atomic E-state index is 0.0512. The first kappa shape index (κ1) is 28.4. The summed E-state index contributed by atoms with van der Waals surface area (Å²) >= 11 is 6.64. The minimum atomic E-state index is -0.784. The zero-order valence-electron chi connectivity index (χ0n) is 20.8. The SMILES string of the molecule is CCOc1cc(/C=C2\SC(=O)N(CCOc3ccc(Cl)cc3)C2=O)ccc1Oc1ccc([N+](=O)[O-])cc1[N+](=O)[O-]. The average Bonchev–Trinajstić information content (AvgIpc) is 3.18. The average molecular weight is 586 g/mol. The second-order valence-electron chi connectivity index (χ2n) is 8.04. The fraction of sp³-hybridized carbons (Fsp3) is 0.154. The number of carbonyl (C=O) groups is 2. The quantitative estimate of drug-likeness (QED) is 0.139. The van der Waals surface area contributed by atoms with Gasteiger partial charge in [-0.2, -0.15) is 0 Å². The standard InChI is InChI=1S/C26H20ClN3O9S/c1-2-37-23-13-16(3-9-22(23)39-21-10-6-18(29(33)34)15-20(21)30(35)36)14-24-25(31)28(26(32)40-24)11-12-38-19-7-4-17(27)5-8-19/h3-10,13-15H,2,11-12H2,1H3/b24-14-. The molecule has 1 aliphatic rings. The maximum Gasteiger partial charge on any atom is 0.318 e. The van der Waals surface area contributed by atoms with Crippen LogP contribution in [-0.4, -0.2) is 45.7 Å². The highest BCUT2D eigenvalue weighted by Crippen LogP contribution is 2.39. The van der Waals surface area contributed by atoms with Gasteiger partial charge in [0.15, 0.2) is 11.5 Å². The van der Waals surface area contributed by atoms with Crippen molar-refractivity contribution in [2.45, 2.75) is 6.92 Å². The van der Waals surface area contributed by atoms with Crippen LogP contribution in [-0.2, 0) is 4.79 Å². The van der Waals surface area contributed by atoms with Gasteiger partial charge in [0.2, 0.25) is 5.75 Å². The molecule has 0 unspecified atom stereocenters. The molecule has 0 N–H and O–H groups in total. The highest BCUT2D eigenvalue weighted by molar-refractivity contribution is 8.18. The molecule has 1 saturated heterocycles. The van der Waals surface area contributed by atoms with Crippen molar-refractivity contribution < 1.29 is 33.6 Å². The van der Waals surface area contributed by atoms with Crippen molar-refractivity contribution in [3.63, 3.8) is 0 Å². The van der Waals surface area contributed by atoms with Gasteiger partial charge in [-0.05, 0) is 72.8 Å². The molecule has 1 aliphatic heterocycles. The molecule has 206 valence electrons. The summed E-state index contributed by atoms with van der Waals surface area (Å²) in [5.74, 6) is 0.181. The van der Waals surface area contributed by atoms with Crippen molar-refractivity contribution >= 4 is 52.0 Å². The molecule has 40 heavy (non-hydrogen) atoms. The number of amides is 2. The molecule has 3 aromatic rings. The lowest BCUT2D eigenvalue weighted by Crippen LogP contribution is -2.32. The Kier molecular flexibility index (Phi) is 8.86. The maximum atomic E-state index is 12.9. The van der Waals surface area contributed by atoms with E-state index in [2.05, 4.69) is 0 Å². The lowest BCUT2D eigenvalue weighted by atomic mass is 10.1. The van der Waals surface area contributed by atoms with Gasteiger partial charge in [-0.15, -0.1) is 0 Å². The third-order valence-corrected chi connectivity index (χ3v) is 6.57. The van der Waals surface area contributed by atoms with Gasteiger partial charge in [0, 0.05) is 11.1 Å². The van der Waals surface area contributed by atoms with Gasteiger partial charge in [0.25, 0.3) is 16.8 Å². The third kappa shape index (κ3) is 6.68. The molecule has 0 bridgehead atoms. The molecule has 0 spiro atoms. The molecule has 0 radical (unpaired) electrons. The van der Waals surface area contributed by atoms with Crippen LogP contribution in [0, 0.1) is 20.2 Å². The summed E-state index contributed by atoms with van der Waals surface area (Å²) in [6.07, 6.45) is 1.52. The van der Waals surface area contributed by atoms with Crippen LogP contribution in [0.3, 0.4) is 0 Å². The Labute approximate surface area is 236 Å². The highest BCUT2D eigenvalue weighted by Gasteiger charge is 2.35. The van der Waals surface area contributed by atoms with Crippen LogP contribution in [0.4, 0.5) is 16.2 Å². The van der Waals surface area contributed by atoms with E-state index in [1.165, 1.54) is 12.1 Å². The predicted octanol–water partition coefficient (Wildman–Crippen LogP) is 6.46. The van der Waals surface area contributed by atoms with Crippen LogP contribution in [0.1, 0.15) is 12.5 Å². The number of ether oxygens (including phenoxy) is 3. The Balaban J connectivity index is 1.50.